The summed E-state index contributed by atoms with van der Waals surface area (Å²) in [5.74, 6) is -0.994. The molecule has 26 heavy (non-hydrogen) atoms. The molecule has 2 heterocycles. The average molecular weight is 373 g/mol. The van der Waals surface area contributed by atoms with E-state index in [1.165, 1.54) is 6.20 Å². The van der Waals surface area contributed by atoms with Crippen molar-refractivity contribution in [1.29, 1.82) is 0 Å². The Kier molecular flexibility index (Phi) is 4.90. The largest absolute Gasteiger partial charge is 0.325 e. The smallest absolute Gasteiger partial charge is 0.322 e. The fourth-order valence-corrected chi connectivity index (χ4v) is 3.11. The second-order valence-corrected chi connectivity index (χ2v) is 6.19. The molecular weight excluding hydrogens is 356 g/mol. The number of hydrogen-bond donors (Lipinski definition) is 2. The maximum atomic E-state index is 12.9. The van der Waals surface area contributed by atoms with E-state index in [0.29, 0.717) is 17.7 Å². The van der Waals surface area contributed by atoms with Crippen LogP contribution in [0.1, 0.15) is 18.9 Å². The minimum Gasteiger partial charge on any atom is -0.322 e. The first-order chi connectivity index (χ1) is 12.5. The monoisotopic (exact) mass is 372 g/mol. The average Bonchev–Trinajstić information content (AvgIpc) is 2.89. The zero-order chi connectivity index (χ0) is 18.7. The maximum absolute atomic E-state index is 12.9. The third-order valence-electron chi connectivity index (χ3n) is 4.31. The molecule has 4 amide bonds. The highest BCUT2D eigenvalue weighted by molar-refractivity contribution is 6.32. The van der Waals surface area contributed by atoms with Crippen LogP contribution >= 0.6 is 11.6 Å². The lowest BCUT2D eigenvalue weighted by atomic mass is 9.87. The fourth-order valence-electron chi connectivity index (χ4n) is 2.94. The minimum absolute atomic E-state index is 0.130. The van der Waals surface area contributed by atoms with Crippen molar-refractivity contribution in [2.75, 3.05) is 11.9 Å². The number of benzene rings is 1. The molecule has 1 aromatic heterocycles. The van der Waals surface area contributed by atoms with Gasteiger partial charge in [0.2, 0.25) is 5.91 Å². The van der Waals surface area contributed by atoms with Crippen LogP contribution in [0.4, 0.5) is 10.5 Å². The number of hydrogen-bond acceptors (Lipinski definition) is 4. The fraction of sp³-hybridized carbons (Fsp3) is 0.222. The van der Waals surface area contributed by atoms with E-state index >= 15 is 0 Å². The number of imide groups is 1. The third-order valence-corrected chi connectivity index (χ3v) is 4.61. The van der Waals surface area contributed by atoms with Gasteiger partial charge in [-0.25, -0.2) is 9.78 Å². The molecule has 1 aromatic carbocycles. The molecule has 0 radical (unpaired) electrons. The summed E-state index contributed by atoms with van der Waals surface area (Å²) >= 11 is 5.90. The molecule has 0 saturated carbocycles. The molecule has 0 bridgehead atoms. The van der Waals surface area contributed by atoms with Crippen LogP contribution in [0.25, 0.3) is 0 Å². The van der Waals surface area contributed by atoms with Crippen molar-refractivity contribution in [3.05, 3.63) is 59.4 Å². The lowest BCUT2D eigenvalue weighted by molar-refractivity contribution is -0.134. The van der Waals surface area contributed by atoms with E-state index in [1.54, 1.807) is 36.4 Å². The van der Waals surface area contributed by atoms with Crippen molar-refractivity contribution >= 4 is 35.1 Å². The highest BCUT2D eigenvalue weighted by atomic mass is 35.5. The Labute approximate surface area is 155 Å². The lowest BCUT2D eigenvalue weighted by Gasteiger charge is -2.25. The Morgan fingerprint density at radius 2 is 1.96 bits per heavy atom. The highest BCUT2D eigenvalue weighted by Gasteiger charge is 2.51. The van der Waals surface area contributed by atoms with Crippen LogP contribution in [0.5, 0.6) is 0 Å². The number of nitrogens with zero attached hydrogens (tertiary/aromatic N) is 2. The lowest BCUT2D eigenvalue weighted by Crippen LogP contribution is -2.44. The normalized spacial score (nSPS) is 19.4. The van der Waals surface area contributed by atoms with Gasteiger partial charge in [-0.05, 0) is 24.1 Å². The Hall–Kier alpha value is -2.93. The molecule has 2 aromatic rings. The second-order valence-electron chi connectivity index (χ2n) is 5.84. The number of nitrogens with one attached hydrogen (secondary N) is 2. The standard InChI is InChI=1S/C18H17ClN4O3/c1-2-18(12-7-4-3-5-8-12)16(25)23(17(26)22-18)11-14(24)21-13-9-6-10-20-15(13)19/h3-10H,2,11H2,1H3,(H,21,24)(H,22,26)/t18-/m0/s1. The summed E-state index contributed by atoms with van der Waals surface area (Å²) in [7, 11) is 0. The van der Waals surface area contributed by atoms with Crippen LogP contribution in [0, 0.1) is 0 Å². The third kappa shape index (κ3) is 3.13. The first kappa shape index (κ1) is 17.9. The predicted molar refractivity (Wildman–Crippen MR) is 96.5 cm³/mol. The number of carbonyl (C=O) groups excluding carboxylic acids is 3. The van der Waals surface area contributed by atoms with E-state index in [4.69, 9.17) is 11.6 Å². The van der Waals surface area contributed by atoms with Crippen molar-refractivity contribution in [2.24, 2.45) is 0 Å². The van der Waals surface area contributed by atoms with Crippen LogP contribution in [-0.2, 0) is 15.1 Å². The molecule has 134 valence electrons. The van der Waals surface area contributed by atoms with E-state index in [9.17, 15) is 14.4 Å². The molecule has 0 unspecified atom stereocenters. The van der Waals surface area contributed by atoms with Gasteiger partial charge >= 0.3 is 6.03 Å². The maximum Gasteiger partial charge on any atom is 0.325 e. The highest BCUT2D eigenvalue weighted by Crippen LogP contribution is 2.32. The summed E-state index contributed by atoms with van der Waals surface area (Å²) < 4.78 is 0. The van der Waals surface area contributed by atoms with E-state index in [1.807, 2.05) is 13.0 Å². The quantitative estimate of drug-likeness (QED) is 0.623. The molecule has 2 N–H and O–H groups in total. The number of urea groups is 1. The molecule has 1 aliphatic heterocycles. The topological polar surface area (TPSA) is 91.4 Å². The summed E-state index contributed by atoms with van der Waals surface area (Å²) in [4.78, 5) is 42.4. The summed E-state index contributed by atoms with van der Waals surface area (Å²) in [5, 5.41) is 5.42. The zero-order valence-corrected chi connectivity index (χ0v) is 14.8. The minimum atomic E-state index is -1.16. The van der Waals surface area contributed by atoms with Gasteiger partial charge in [0.25, 0.3) is 5.91 Å². The van der Waals surface area contributed by atoms with E-state index in [0.717, 1.165) is 4.90 Å². The number of anilines is 1. The van der Waals surface area contributed by atoms with Crippen molar-refractivity contribution in [3.63, 3.8) is 0 Å². The van der Waals surface area contributed by atoms with Crippen molar-refractivity contribution in [3.8, 4) is 0 Å². The number of aromatic nitrogens is 1. The van der Waals surface area contributed by atoms with Gasteiger partial charge < -0.3 is 10.6 Å². The SMILES string of the molecule is CC[C@@]1(c2ccccc2)NC(=O)N(CC(=O)Nc2cccnc2Cl)C1=O. The predicted octanol–water partition coefficient (Wildman–Crippen LogP) is 2.53. The molecule has 1 saturated heterocycles. The number of rotatable bonds is 5. The van der Waals surface area contributed by atoms with Crippen LogP contribution < -0.4 is 10.6 Å². The Balaban J connectivity index is 1.79. The number of amides is 4. The molecule has 0 aliphatic carbocycles. The van der Waals surface area contributed by atoms with Gasteiger partial charge in [0.05, 0.1) is 5.69 Å². The van der Waals surface area contributed by atoms with Gasteiger partial charge in [0.15, 0.2) is 5.15 Å². The van der Waals surface area contributed by atoms with Crippen LogP contribution in [0.15, 0.2) is 48.7 Å². The molecule has 1 fully saturated rings. The molecule has 1 atom stereocenters. The van der Waals surface area contributed by atoms with E-state index in [2.05, 4.69) is 15.6 Å². The van der Waals surface area contributed by atoms with Gasteiger partial charge in [-0.1, -0.05) is 48.9 Å². The van der Waals surface area contributed by atoms with E-state index < -0.39 is 29.9 Å². The molecule has 3 rings (SSSR count). The van der Waals surface area contributed by atoms with E-state index in [-0.39, 0.29) is 5.15 Å². The van der Waals surface area contributed by atoms with Crippen molar-refractivity contribution in [1.82, 2.24) is 15.2 Å². The number of pyridine rings is 1. The Morgan fingerprint density at radius 3 is 2.62 bits per heavy atom. The van der Waals surface area contributed by atoms with Crippen molar-refractivity contribution < 1.29 is 14.4 Å². The summed E-state index contributed by atoms with van der Waals surface area (Å²) in [6.07, 6.45) is 1.86. The van der Waals surface area contributed by atoms with Gasteiger partial charge in [0, 0.05) is 6.20 Å². The Bertz CT molecular complexity index is 859. The first-order valence-corrected chi connectivity index (χ1v) is 8.45. The van der Waals surface area contributed by atoms with Gasteiger partial charge in [-0.3, -0.25) is 14.5 Å². The molecule has 1 aliphatic rings. The summed E-state index contributed by atoms with van der Waals surface area (Å²) in [6, 6.07) is 11.6. The van der Waals surface area contributed by atoms with Crippen LogP contribution in [-0.4, -0.2) is 34.3 Å². The number of carbonyl (C=O) groups is 3. The Morgan fingerprint density at radius 1 is 1.23 bits per heavy atom. The molecule has 8 heteroatoms. The van der Waals surface area contributed by atoms with Crippen LogP contribution in [0.2, 0.25) is 5.15 Å². The molecule has 7 nitrogen and oxygen atoms in total. The van der Waals surface area contributed by atoms with Gasteiger partial charge in [-0.2, -0.15) is 0 Å². The molecule has 0 spiro atoms. The summed E-state index contributed by atoms with van der Waals surface area (Å²) in [6.45, 7) is 1.40. The number of halogens is 1. The van der Waals surface area contributed by atoms with Crippen molar-refractivity contribution in [2.45, 2.75) is 18.9 Å². The van der Waals surface area contributed by atoms with Crippen LogP contribution in [0.3, 0.4) is 0 Å². The second kappa shape index (κ2) is 7.13. The first-order valence-electron chi connectivity index (χ1n) is 8.08. The zero-order valence-electron chi connectivity index (χ0n) is 14.0. The summed E-state index contributed by atoms with van der Waals surface area (Å²) in [5.41, 5.74) is -0.167. The van der Waals surface area contributed by atoms with Gasteiger partial charge in [0.1, 0.15) is 12.1 Å². The molecular formula is C18H17ClN4O3. The van der Waals surface area contributed by atoms with Gasteiger partial charge in [-0.15, -0.1) is 0 Å².